The molecule has 78 valence electrons. The summed E-state index contributed by atoms with van der Waals surface area (Å²) >= 11 is 0. The van der Waals surface area contributed by atoms with Crippen LogP contribution in [0.4, 0.5) is 0 Å². The Balaban J connectivity index is 2.38. The molecule has 0 N–H and O–H groups in total. The highest BCUT2D eigenvalue weighted by molar-refractivity contribution is 6.60. The van der Waals surface area contributed by atoms with Crippen molar-refractivity contribution in [2.75, 3.05) is 14.2 Å². The number of hydrogen-bond acceptors (Lipinski definition) is 2. The first-order valence-corrected chi connectivity index (χ1v) is 7.84. The molecule has 2 nitrogen and oxygen atoms in total. The molecule has 0 aromatic carbocycles. The first-order valence-electron chi connectivity index (χ1n) is 5.35. The summed E-state index contributed by atoms with van der Waals surface area (Å²) in [4.78, 5) is 0. The van der Waals surface area contributed by atoms with Crippen LogP contribution in [0.25, 0.3) is 0 Å². The molecule has 1 aliphatic rings. The zero-order chi connectivity index (χ0) is 9.68. The van der Waals surface area contributed by atoms with E-state index in [0.29, 0.717) is 0 Å². The van der Waals surface area contributed by atoms with Gasteiger partial charge in [0.15, 0.2) is 0 Å². The van der Waals surface area contributed by atoms with E-state index in [4.69, 9.17) is 9.47 Å². The second-order valence-corrected chi connectivity index (χ2v) is 7.30. The molecule has 0 aromatic rings. The normalized spacial score (nSPS) is 22.2. The molecular formula is C10H22O2Si. The molecule has 1 rings (SSSR count). The summed E-state index contributed by atoms with van der Waals surface area (Å²) in [7, 11) is 2.69. The van der Waals surface area contributed by atoms with Crippen LogP contribution < -0.4 is 0 Å². The quantitative estimate of drug-likeness (QED) is 0.514. The molecule has 0 amide bonds. The van der Waals surface area contributed by atoms with Crippen molar-refractivity contribution in [3.05, 3.63) is 0 Å². The fourth-order valence-electron chi connectivity index (χ4n) is 2.41. The van der Waals surface area contributed by atoms with Gasteiger partial charge in [0.05, 0.1) is 0 Å². The summed E-state index contributed by atoms with van der Waals surface area (Å²) in [6.45, 7) is 2.38. The Labute approximate surface area is 83.2 Å². The average Bonchev–Trinajstić information content (AvgIpc) is 2.21. The van der Waals surface area contributed by atoms with Crippen LogP contribution in [0.15, 0.2) is 0 Å². The molecule has 1 atom stereocenters. The van der Waals surface area contributed by atoms with Crippen molar-refractivity contribution in [3.8, 4) is 0 Å². The Morgan fingerprint density at radius 2 is 1.62 bits per heavy atom. The van der Waals surface area contributed by atoms with E-state index in [1.807, 2.05) is 0 Å². The Hall–Kier alpha value is 0.137. The monoisotopic (exact) mass is 202 g/mol. The third kappa shape index (κ3) is 3.08. The van der Waals surface area contributed by atoms with Gasteiger partial charge in [0.2, 0.25) is 0 Å². The molecule has 0 heterocycles. The lowest BCUT2D eigenvalue weighted by Crippen LogP contribution is -2.36. The second-order valence-electron chi connectivity index (χ2n) is 4.10. The van der Waals surface area contributed by atoms with Crippen LogP contribution in [-0.4, -0.2) is 28.9 Å². The zero-order valence-electron chi connectivity index (χ0n) is 9.08. The largest absolute Gasteiger partial charge is 0.360 e. The fourth-order valence-corrected chi connectivity index (χ4v) is 5.23. The Morgan fingerprint density at radius 3 is 2.08 bits per heavy atom. The molecular weight excluding hydrogens is 180 g/mol. The van der Waals surface area contributed by atoms with Crippen LogP contribution in [0.5, 0.6) is 0 Å². The third-order valence-corrected chi connectivity index (χ3v) is 6.84. The summed E-state index contributed by atoms with van der Waals surface area (Å²) in [6, 6.07) is 0. The molecule has 0 bridgehead atoms. The summed E-state index contributed by atoms with van der Waals surface area (Å²) in [5.74, 6) is 0.128. The van der Waals surface area contributed by atoms with Crippen LogP contribution in [0.1, 0.15) is 32.1 Å². The maximum absolute atomic E-state index is 5.35. The van der Waals surface area contributed by atoms with Crippen molar-refractivity contribution in [1.82, 2.24) is 0 Å². The molecule has 0 aliphatic heterocycles. The average molecular weight is 202 g/mol. The summed E-state index contributed by atoms with van der Waals surface area (Å²) in [5.41, 5.74) is 0.943. The van der Waals surface area contributed by atoms with Gasteiger partial charge in [0.1, 0.15) is 14.7 Å². The van der Waals surface area contributed by atoms with Gasteiger partial charge in [-0.15, -0.1) is 0 Å². The topological polar surface area (TPSA) is 18.5 Å². The Morgan fingerprint density at radius 1 is 1.08 bits per heavy atom. The van der Waals surface area contributed by atoms with Gasteiger partial charge in [0.25, 0.3) is 0 Å². The third-order valence-electron chi connectivity index (χ3n) is 3.29. The minimum Gasteiger partial charge on any atom is -0.360 e. The second kappa shape index (κ2) is 5.78. The van der Waals surface area contributed by atoms with Crippen molar-refractivity contribution in [3.63, 3.8) is 0 Å². The summed E-state index contributed by atoms with van der Waals surface area (Å²) < 4.78 is 10.7. The van der Waals surface area contributed by atoms with Gasteiger partial charge in [0, 0.05) is 14.2 Å². The van der Waals surface area contributed by atoms with Crippen LogP contribution in [0, 0.1) is 0 Å². The molecule has 1 unspecified atom stereocenters. The van der Waals surface area contributed by atoms with E-state index in [1.165, 1.54) is 32.1 Å². The van der Waals surface area contributed by atoms with Crippen molar-refractivity contribution >= 4 is 8.80 Å². The predicted octanol–water partition coefficient (Wildman–Crippen LogP) is 2.34. The first-order chi connectivity index (χ1) is 6.29. The fraction of sp³-hybridized carbons (Fsp3) is 1.00. The highest BCUT2D eigenvalue weighted by Crippen LogP contribution is 2.32. The lowest BCUT2D eigenvalue weighted by atomic mass is 10.0. The summed E-state index contributed by atoms with van der Waals surface area (Å²) in [5, 5.41) is 0. The van der Waals surface area contributed by atoms with E-state index in [2.05, 4.69) is 6.55 Å². The highest BCUT2D eigenvalue weighted by atomic mass is 28.3. The molecule has 0 radical (unpaired) electrons. The molecule has 0 saturated heterocycles. The molecule has 0 spiro atoms. The van der Waals surface area contributed by atoms with E-state index in [9.17, 15) is 0 Å². The molecule has 1 saturated carbocycles. The smallest absolute Gasteiger partial charge is 0.137 e. The van der Waals surface area contributed by atoms with Gasteiger partial charge in [-0.05, 0) is 5.54 Å². The minimum atomic E-state index is -0.843. The first kappa shape index (κ1) is 11.2. The molecule has 0 aromatic heterocycles. The number of methoxy groups -OCH3 is 2. The predicted molar refractivity (Wildman–Crippen MR) is 57.7 cm³/mol. The zero-order valence-corrected chi connectivity index (χ0v) is 10.2. The number of rotatable bonds is 4. The Kier molecular flexibility index (Phi) is 4.99. The van der Waals surface area contributed by atoms with Crippen molar-refractivity contribution in [2.45, 2.75) is 50.1 Å². The SMILES string of the molecule is COC(OC)[SiH](C)C1CCCCC1. The molecule has 1 aliphatic carbocycles. The van der Waals surface area contributed by atoms with Gasteiger partial charge >= 0.3 is 0 Å². The lowest BCUT2D eigenvalue weighted by Gasteiger charge is -2.30. The highest BCUT2D eigenvalue weighted by Gasteiger charge is 2.28. The Bertz CT molecular complexity index is 131. The van der Waals surface area contributed by atoms with E-state index in [0.717, 1.165) is 5.54 Å². The van der Waals surface area contributed by atoms with Crippen LogP contribution in [-0.2, 0) is 9.47 Å². The van der Waals surface area contributed by atoms with Crippen molar-refractivity contribution in [2.24, 2.45) is 0 Å². The van der Waals surface area contributed by atoms with E-state index >= 15 is 0 Å². The molecule has 3 heteroatoms. The van der Waals surface area contributed by atoms with Crippen molar-refractivity contribution in [1.29, 1.82) is 0 Å². The molecule has 1 fully saturated rings. The van der Waals surface area contributed by atoms with Crippen molar-refractivity contribution < 1.29 is 9.47 Å². The van der Waals surface area contributed by atoms with Crippen LogP contribution in [0.2, 0.25) is 12.1 Å². The van der Waals surface area contributed by atoms with E-state index < -0.39 is 8.80 Å². The van der Waals surface area contributed by atoms with Crippen LogP contribution >= 0.6 is 0 Å². The van der Waals surface area contributed by atoms with Gasteiger partial charge in [-0.1, -0.05) is 38.7 Å². The van der Waals surface area contributed by atoms with Gasteiger partial charge in [-0.25, -0.2) is 0 Å². The maximum Gasteiger partial charge on any atom is 0.137 e. The lowest BCUT2D eigenvalue weighted by molar-refractivity contribution is -0.0481. The van der Waals surface area contributed by atoms with Gasteiger partial charge < -0.3 is 9.47 Å². The van der Waals surface area contributed by atoms with Gasteiger partial charge in [-0.2, -0.15) is 0 Å². The number of ether oxygens (including phenoxy) is 2. The van der Waals surface area contributed by atoms with Crippen LogP contribution in [0.3, 0.4) is 0 Å². The maximum atomic E-state index is 5.35. The van der Waals surface area contributed by atoms with Gasteiger partial charge in [-0.3, -0.25) is 0 Å². The molecule has 13 heavy (non-hydrogen) atoms. The summed E-state index contributed by atoms with van der Waals surface area (Å²) in [6.07, 6.45) is 7.10. The minimum absolute atomic E-state index is 0.128. The van der Waals surface area contributed by atoms with E-state index in [-0.39, 0.29) is 5.91 Å². The van der Waals surface area contributed by atoms with E-state index in [1.54, 1.807) is 14.2 Å². The standard InChI is InChI=1S/C10H22O2Si/c1-11-10(12-2)13(3)9-7-5-4-6-8-9/h9-10,13H,4-8H2,1-3H3. The number of hydrogen-bond donors (Lipinski definition) is 0.